The second-order valence-electron chi connectivity index (χ2n) is 7.63. The van der Waals surface area contributed by atoms with Gasteiger partial charge in [-0.05, 0) is 23.6 Å². The number of ketones is 1. The van der Waals surface area contributed by atoms with Crippen molar-refractivity contribution in [2.45, 2.75) is 38.0 Å². The first-order valence-corrected chi connectivity index (χ1v) is 9.21. The Labute approximate surface area is 167 Å². The van der Waals surface area contributed by atoms with Crippen LogP contribution in [0.3, 0.4) is 0 Å². The normalized spacial score (nSPS) is 23.8. The van der Waals surface area contributed by atoms with Gasteiger partial charge in [-0.25, -0.2) is 4.79 Å². The van der Waals surface area contributed by atoms with Crippen LogP contribution in [-0.2, 0) is 16.1 Å². The number of nitrogens with one attached hydrogen (secondary N) is 2. The van der Waals surface area contributed by atoms with E-state index >= 15 is 0 Å². The van der Waals surface area contributed by atoms with E-state index in [1.54, 1.807) is 18.2 Å². The molecular formula is C21H21N3O5. The summed E-state index contributed by atoms with van der Waals surface area (Å²) in [6.45, 7) is 5.28. The minimum atomic E-state index is -2.17. The predicted octanol–water partition coefficient (Wildman–Crippen LogP) is 2.07. The van der Waals surface area contributed by atoms with E-state index in [1.807, 2.05) is 19.9 Å². The van der Waals surface area contributed by atoms with Crippen LogP contribution in [0.25, 0.3) is 0 Å². The van der Waals surface area contributed by atoms with Gasteiger partial charge < -0.3 is 26.2 Å². The number of rotatable bonds is 3. The summed E-state index contributed by atoms with van der Waals surface area (Å²) in [5, 5.41) is 16.7. The lowest BCUT2D eigenvalue weighted by Gasteiger charge is -2.34. The maximum Gasteiger partial charge on any atom is 0.316 e. The van der Waals surface area contributed by atoms with Crippen LogP contribution >= 0.6 is 0 Å². The van der Waals surface area contributed by atoms with Gasteiger partial charge >= 0.3 is 6.03 Å². The number of hydrogen-bond donors (Lipinski definition) is 4. The number of hydrogen-bond acceptors (Lipinski definition) is 5. The summed E-state index contributed by atoms with van der Waals surface area (Å²) in [4.78, 5) is 37.2. The number of fused-ring (bicyclic) bond motifs is 5. The molecule has 4 rings (SSSR count). The molecule has 29 heavy (non-hydrogen) atoms. The molecule has 2 atom stereocenters. The van der Waals surface area contributed by atoms with Gasteiger partial charge in [0, 0.05) is 18.1 Å². The monoisotopic (exact) mass is 395 g/mol. The van der Waals surface area contributed by atoms with Crippen LogP contribution in [0.1, 0.15) is 53.7 Å². The summed E-state index contributed by atoms with van der Waals surface area (Å²) in [6.07, 6.45) is 0. The van der Waals surface area contributed by atoms with E-state index < -0.39 is 29.0 Å². The Balaban J connectivity index is 1.99. The highest BCUT2D eigenvalue weighted by molar-refractivity contribution is 6.16. The Bertz CT molecular complexity index is 1080. The molecule has 3 amide bonds. The molecule has 0 bridgehead atoms. The number of ether oxygens (including phenoxy) is 1. The van der Waals surface area contributed by atoms with Crippen LogP contribution in [0, 0.1) is 0 Å². The topological polar surface area (TPSA) is 131 Å². The molecule has 1 heterocycles. The second-order valence-corrected chi connectivity index (χ2v) is 7.63. The number of urea groups is 1. The van der Waals surface area contributed by atoms with E-state index in [4.69, 9.17) is 10.5 Å². The first-order valence-electron chi connectivity index (χ1n) is 9.21. The average molecular weight is 395 g/mol. The molecule has 2 aromatic carbocycles. The standard InChI is InChI=1S/C21H21N3O5/c1-10(2)12-7-8-13-16(9-12)29-21(28)14-5-4-6-15(23-19(22)27)17(14)18(26)20(13,21)24-11(3)25/h4-10,28H,1-3H3,(H,24,25)(H3,22,23,27). The van der Waals surface area contributed by atoms with E-state index in [0.29, 0.717) is 11.3 Å². The fraction of sp³-hybridized carbons (Fsp3) is 0.286. The molecule has 8 nitrogen and oxygen atoms in total. The van der Waals surface area contributed by atoms with Crippen LogP contribution in [-0.4, -0.2) is 22.8 Å². The first kappa shape index (κ1) is 18.9. The Morgan fingerprint density at radius 1 is 1.17 bits per heavy atom. The quantitative estimate of drug-likeness (QED) is 0.632. The van der Waals surface area contributed by atoms with Crippen molar-refractivity contribution < 1.29 is 24.2 Å². The van der Waals surface area contributed by atoms with Gasteiger partial charge in [-0.15, -0.1) is 0 Å². The Morgan fingerprint density at radius 3 is 2.52 bits per heavy atom. The predicted molar refractivity (Wildman–Crippen MR) is 105 cm³/mol. The lowest BCUT2D eigenvalue weighted by Crippen LogP contribution is -2.59. The summed E-state index contributed by atoms with van der Waals surface area (Å²) < 4.78 is 5.95. The molecule has 0 fully saturated rings. The van der Waals surface area contributed by atoms with Crippen molar-refractivity contribution in [3.8, 4) is 5.75 Å². The Morgan fingerprint density at radius 2 is 1.90 bits per heavy atom. The van der Waals surface area contributed by atoms with Crippen LogP contribution in [0.4, 0.5) is 10.5 Å². The van der Waals surface area contributed by atoms with Crippen molar-refractivity contribution in [2.75, 3.05) is 5.32 Å². The van der Waals surface area contributed by atoms with E-state index in [-0.39, 0.29) is 22.7 Å². The number of carbonyl (C=O) groups excluding carboxylic acids is 3. The highest BCUT2D eigenvalue weighted by Crippen LogP contribution is 2.59. The zero-order valence-corrected chi connectivity index (χ0v) is 16.2. The van der Waals surface area contributed by atoms with Gasteiger partial charge in [0.05, 0.1) is 11.3 Å². The van der Waals surface area contributed by atoms with Crippen LogP contribution in [0.5, 0.6) is 5.75 Å². The van der Waals surface area contributed by atoms with Gasteiger partial charge in [-0.2, -0.15) is 0 Å². The minimum Gasteiger partial charge on any atom is -0.454 e. The van der Waals surface area contributed by atoms with E-state index in [2.05, 4.69) is 10.6 Å². The molecule has 0 aromatic heterocycles. The lowest BCUT2D eigenvalue weighted by atomic mass is 9.82. The van der Waals surface area contributed by atoms with E-state index in [1.165, 1.54) is 19.1 Å². The van der Waals surface area contributed by atoms with E-state index in [0.717, 1.165) is 5.56 Å². The number of Topliss-reactive ketones (excluding diaryl/α,β-unsaturated/α-hetero) is 1. The largest absolute Gasteiger partial charge is 0.454 e. The molecule has 0 radical (unpaired) electrons. The highest BCUT2D eigenvalue weighted by Gasteiger charge is 2.72. The summed E-state index contributed by atoms with van der Waals surface area (Å²) in [5.74, 6) is -2.76. The van der Waals surface area contributed by atoms with Gasteiger partial charge in [0.15, 0.2) is 0 Å². The number of benzene rings is 2. The molecule has 150 valence electrons. The van der Waals surface area contributed by atoms with Crippen molar-refractivity contribution in [1.82, 2.24) is 5.32 Å². The molecule has 1 aliphatic heterocycles. The molecule has 0 spiro atoms. The number of primary amides is 1. The van der Waals surface area contributed by atoms with E-state index in [9.17, 15) is 19.5 Å². The third-order valence-electron chi connectivity index (χ3n) is 5.46. The fourth-order valence-electron chi connectivity index (χ4n) is 4.22. The van der Waals surface area contributed by atoms with Gasteiger partial charge in [0.25, 0.3) is 5.79 Å². The van der Waals surface area contributed by atoms with Gasteiger partial charge in [0.2, 0.25) is 17.2 Å². The summed E-state index contributed by atoms with van der Waals surface area (Å²) in [6, 6.07) is 9.01. The smallest absolute Gasteiger partial charge is 0.316 e. The van der Waals surface area contributed by atoms with Crippen molar-refractivity contribution >= 4 is 23.4 Å². The van der Waals surface area contributed by atoms with Gasteiger partial charge in [-0.3, -0.25) is 9.59 Å². The molecule has 0 saturated carbocycles. The number of nitrogens with two attached hydrogens (primary N) is 1. The molecular weight excluding hydrogens is 374 g/mol. The third kappa shape index (κ3) is 2.39. The molecule has 2 unspecified atom stereocenters. The van der Waals surface area contributed by atoms with Crippen molar-refractivity contribution in [1.29, 1.82) is 0 Å². The van der Waals surface area contributed by atoms with Crippen LogP contribution in [0.2, 0.25) is 0 Å². The first-order chi connectivity index (χ1) is 13.6. The third-order valence-corrected chi connectivity index (χ3v) is 5.46. The average Bonchev–Trinajstić information content (AvgIpc) is 2.98. The number of aliphatic hydroxyl groups is 1. The molecule has 2 aromatic rings. The van der Waals surface area contributed by atoms with Crippen molar-refractivity contribution in [2.24, 2.45) is 5.73 Å². The Kier molecular flexibility index (Phi) is 3.95. The zero-order valence-electron chi connectivity index (χ0n) is 16.2. The van der Waals surface area contributed by atoms with Crippen molar-refractivity contribution in [3.05, 3.63) is 58.7 Å². The number of anilines is 1. The van der Waals surface area contributed by atoms with Crippen molar-refractivity contribution in [3.63, 3.8) is 0 Å². The zero-order chi connectivity index (χ0) is 21.1. The molecule has 5 N–H and O–H groups in total. The fourth-order valence-corrected chi connectivity index (χ4v) is 4.22. The molecule has 0 saturated heterocycles. The summed E-state index contributed by atoms with van der Waals surface area (Å²) in [7, 11) is 0. The second kappa shape index (κ2) is 6.05. The van der Waals surface area contributed by atoms with Gasteiger partial charge in [-0.1, -0.05) is 38.1 Å². The summed E-state index contributed by atoms with van der Waals surface area (Å²) in [5.41, 5.74) is 4.98. The minimum absolute atomic E-state index is 0.0427. The SMILES string of the molecule is CC(=O)NC12C(=O)c3c(NC(N)=O)cccc3C1(O)Oc1cc(C(C)C)ccc12. The highest BCUT2D eigenvalue weighted by atomic mass is 16.6. The Hall–Kier alpha value is -3.39. The number of amides is 3. The molecule has 2 aliphatic rings. The molecule has 1 aliphatic carbocycles. The maximum absolute atomic E-state index is 13.7. The summed E-state index contributed by atoms with van der Waals surface area (Å²) >= 11 is 0. The molecule has 8 heteroatoms. The lowest BCUT2D eigenvalue weighted by molar-refractivity contribution is -0.175. The maximum atomic E-state index is 13.7. The van der Waals surface area contributed by atoms with Crippen LogP contribution < -0.4 is 21.1 Å². The number of carbonyl (C=O) groups is 3. The van der Waals surface area contributed by atoms with Gasteiger partial charge in [0.1, 0.15) is 5.75 Å². The van der Waals surface area contributed by atoms with Crippen LogP contribution in [0.15, 0.2) is 36.4 Å².